The van der Waals surface area contributed by atoms with Gasteiger partial charge in [0.15, 0.2) is 5.60 Å². The van der Waals surface area contributed by atoms with Crippen molar-refractivity contribution >= 4 is 5.97 Å². The van der Waals surface area contributed by atoms with E-state index in [9.17, 15) is 9.90 Å². The Morgan fingerprint density at radius 3 is 2.73 bits per heavy atom. The van der Waals surface area contributed by atoms with Gasteiger partial charge in [-0.1, -0.05) is 19.6 Å². The number of rotatable bonds is 4. The molecule has 0 radical (unpaired) electrons. The van der Waals surface area contributed by atoms with Gasteiger partial charge in [-0.2, -0.15) is 0 Å². The Balaban J connectivity index is 3.91. The van der Waals surface area contributed by atoms with E-state index in [1.165, 1.54) is 13.0 Å². The second-order valence-electron chi connectivity index (χ2n) is 2.51. The zero-order valence-corrected chi connectivity index (χ0v) is 6.96. The number of hydrogen-bond acceptors (Lipinski definition) is 3. The third-order valence-corrected chi connectivity index (χ3v) is 1.46. The standard InChI is InChI=1S/C8H14O3/c1-4-6-11-7(9)8(3,10)5-2/h4,10H,1,5-6H2,2-3H3. The van der Waals surface area contributed by atoms with E-state index in [2.05, 4.69) is 11.3 Å². The lowest BCUT2D eigenvalue weighted by Crippen LogP contribution is -2.35. The van der Waals surface area contributed by atoms with Gasteiger partial charge in [-0.3, -0.25) is 0 Å². The fourth-order valence-corrected chi connectivity index (χ4v) is 0.434. The molecule has 0 saturated heterocycles. The maximum absolute atomic E-state index is 10.9. The predicted octanol–water partition coefficient (Wildman–Crippen LogP) is 0.877. The van der Waals surface area contributed by atoms with Crippen molar-refractivity contribution in [1.29, 1.82) is 0 Å². The molecule has 1 N–H and O–H groups in total. The lowest BCUT2D eigenvalue weighted by Gasteiger charge is -2.18. The van der Waals surface area contributed by atoms with Crippen LogP contribution in [0.15, 0.2) is 12.7 Å². The van der Waals surface area contributed by atoms with E-state index in [-0.39, 0.29) is 6.61 Å². The molecule has 0 heterocycles. The monoisotopic (exact) mass is 158 g/mol. The van der Waals surface area contributed by atoms with Gasteiger partial charge in [-0.05, 0) is 13.3 Å². The molecule has 0 rings (SSSR count). The van der Waals surface area contributed by atoms with Crippen LogP contribution in [-0.2, 0) is 9.53 Å². The summed E-state index contributed by atoms with van der Waals surface area (Å²) >= 11 is 0. The van der Waals surface area contributed by atoms with Crippen LogP contribution in [0.4, 0.5) is 0 Å². The first-order chi connectivity index (χ1) is 5.04. The smallest absolute Gasteiger partial charge is 0.338 e. The summed E-state index contributed by atoms with van der Waals surface area (Å²) in [5, 5.41) is 9.31. The third-order valence-electron chi connectivity index (χ3n) is 1.46. The number of esters is 1. The lowest BCUT2D eigenvalue weighted by molar-refractivity contribution is -0.162. The molecule has 0 aromatic carbocycles. The second-order valence-corrected chi connectivity index (χ2v) is 2.51. The molecule has 1 atom stereocenters. The van der Waals surface area contributed by atoms with Crippen LogP contribution in [0.5, 0.6) is 0 Å². The summed E-state index contributed by atoms with van der Waals surface area (Å²) in [4.78, 5) is 10.9. The maximum Gasteiger partial charge on any atom is 0.338 e. The van der Waals surface area contributed by atoms with Gasteiger partial charge in [0.1, 0.15) is 6.61 Å². The van der Waals surface area contributed by atoms with Crippen LogP contribution in [0.1, 0.15) is 20.3 Å². The Morgan fingerprint density at radius 2 is 2.36 bits per heavy atom. The van der Waals surface area contributed by atoms with Crippen molar-refractivity contribution < 1.29 is 14.6 Å². The Hall–Kier alpha value is -0.830. The van der Waals surface area contributed by atoms with Crippen molar-refractivity contribution in [2.45, 2.75) is 25.9 Å². The minimum Gasteiger partial charge on any atom is -0.459 e. The molecule has 1 unspecified atom stereocenters. The van der Waals surface area contributed by atoms with Crippen LogP contribution < -0.4 is 0 Å². The third kappa shape index (κ3) is 3.18. The summed E-state index contributed by atoms with van der Waals surface area (Å²) in [6, 6.07) is 0. The van der Waals surface area contributed by atoms with E-state index in [0.717, 1.165) is 0 Å². The number of aliphatic hydroxyl groups is 1. The molecule has 0 bridgehead atoms. The van der Waals surface area contributed by atoms with Gasteiger partial charge in [0.25, 0.3) is 0 Å². The SMILES string of the molecule is C=CCOC(=O)C(C)(O)CC. The molecule has 11 heavy (non-hydrogen) atoms. The summed E-state index contributed by atoms with van der Waals surface area (Å²) in [6.07, 6.45) is 1.81. The first-order valence-corrected chi connectivity index (χ1v) is 3.55. The molecule has 0 aromatic heterocycles. The van der Waals surface area contributed by atoms with Crippen molar-refractivity contribution in [2.24, 2.45) is 0 Å². The van der Waals surface area contributed by atoms with Gasteiger partial charge in [-0.25, -0.2) is 4.79 Å². The molecule has 0 fully saturated rings. The molecule has 0 amide bonds. The Kier molecular flexibility index (Phi) is 3.82. The summed E-state index contributed by atoms with van der Waals surface area (Å²) in [5.74, 6) is -0.597. The van der Waals surface area contributed by atoms with E-state index < -0.39 is 11.6 Å². The molecule has 0 aromatic rings. The van der Waals surface area contributed by atoms with Crippen molar-refractivity contribution in [3.8, 4) is 0 Å². The summed E-state index contributed by atoms with van der Waals surface area (Å²) < 4.78 is 4.64. The van der Waals surface area contributed by atoms with Gasteiger partial charge in [0, 0.05) is 0 Å². The topological polar surface area (TPSA) is 46.5 Å². The molecular formula is C8H14O3. The van der Waals surface area contributed by atoms with Gasteiger partial charge in [0.2, 0.25) is 0 Å². The minimum absolute atomic E-state index is 0.148. The van der Waals surface area contributed by atoms with Gasteiger partial charge in [-0.15, -0.1) is 0 Å². The van der Waals surface area contributed by atoms with Crippen LogP contribution in [0.25, 0.3) is 0 Å². The first kappa shape index (κ1) is 10.2. The van der Waals surface area contributed by atoms with Gasteiger partial charge in [0.05, 0.1) is 0 Å². The largest absolute Gasteiger partial charge is 0.459 e. The lowest BCUT2D eigenvalue weighted by atomic mass is 10.1. The molecule has 0 aliphatic carbocycles. The average Bonchev–Trinajstić information content (AvgIpc) is 2.00. The average molecular weight is 158 g/mol. The normalized spacial score (nSPS) is 15.2. The van der Waals surface area contributed by atoms with E-state index in [1.807, 2.05) is 0 Å². The Bertz CT molecular complexity index is 149. The molecule has 0 aliphatic heterocycles. The molecule has 3 nitrogen and oxygen atoms in total. The number of carbonyl (C=O) groups is 1. The first-order valence-electron chi connectivity index (χ1n) is 3.55. The molecule has 0 aliphatic rings. The molecule has 0 spiro atoms. The zero-order chi connectivity index (χ0) is 8.91. The predicted molar refractivity (Wildman–Crippen MR) is 42.1 cm³/mol. The van der Waals surface area contributed by atoms with Gasteiger partial charge < -0.3 is 9.84 Å². The van der Waals surface area contributed by atoms with Crippen molar-refractivity contribution in [3.63, 3.8) is 0 Å². The highest BCUT2D eigenvalue weighted by molar-refractivity contribution is 5.78. The second kappa shape index (κ2) is 4.13. The number of hydrogen-bond donors (Lipinski definition) is 1. The van der Waals surface area contributed by atoms with Gasteiger partial charge >= 0.3 is 5.97 Å². The fraction of sp³-hybridized carbons (Fsp3) is 0.625. The van der Waals surface area contributed by atoms with E-state index in [4.69, 9.17) is 0 Å². The highest BCUT2D eigenvalue weighted by atomic mass is 16.5. The zero-order valence-electron chi connectivity index (χ0n) is 6.96. The fourth-order valence-electron chi connectivity index (χ4n) is 0.434. The van der Waals surface area contributed by atoms with Crippen LogP contribution in [-0.4, -0.2) is 23.3 Å². The molecule has 64 valence electrons. The Morgan fingerprint density at radius 1 is 1.82 bits per heavy atom. The summed E-state index contributed by atoms with van der Waals surface area (Å²) in [7, 11) is 0. The van der Waals surface area contributed by atoms with E-state index in [1.54, 1.807) is 6.92 Å². The van der Waals surface area contributed by atoms with Crippen LogP contribution in [0.2, 0.25) is 0 Å². The number of ether oxygens (including phenoxy) is 1. The van der Waals surface area contributed by atoms with Crippen LogP contribution in [0.3, 0.4) is 0 Å². The molecule has 0 saturated carbocycles. The highest BCUT2D eigenvalue weighted by Crippen LogP contribution is 2.09. The number of carbonyl (C=O) groups excluding carboxylic acids is 1. The minimum atomic E-state index is -1.36. The van der Waals surface area contributed by atoms with Crippen molar-refractivity contribution in [3.05, 3.63) is 12.7 Å². The summed E-state index contributed by atoms with van der Waals surface area (Å²) in [6.45, 7) is 6.68. The molecular weight excluding hydrogens is 144 g/mol. The van der Waals surface area contributed by atoms with E-state index >= 15 is 0 Å². The van der Waals surface area contributed by atoms with Crippen molar-refractivity contribution in [1.82, 2.24) is 0 Å². The quantitative estimate of drug-likeness (QED) is 0.488. The maximum atomic E-state index is 10.9. The van der Waals surface area contributed by atoms with Crippen molar-refractivity contribution in [2.75, 3.05) is 6.61 Å². The van der Waals surface area contributed by atoms with Crippen LogP contribution in [0, 0.1) is 0 Å². The highest BCUT2D eigenvalue weighted by Gasteiger charge is 2.29. The Labute approximate surface area is 66.7 Å². The van der Waals surface area contributed by atoms with Crippen LogP contribution >= 0.6 is 0 Å². The molecule has 3 heteroatoms. The van der Waals surface area contributed by atoms with E-state index in [0.29, 0.717) is 6.42 Å². The summed E-state index contributed by atoms with van der Waals surface area (Å²) in [5.41, 5.74) is -1.36.